The SMILES string of the molecule is CCc1ccccc1N1C[C@H](C(=O)OCC(=O)NCC(=O)N(C)C)CC1=O. The molecule has 3 amide bonds. The van der Waals surface area contributed by atoms with Gasteiger partial charge in [-0.15, -0.1) is 0 Å². The van der Waals surface area contributed by atoms with E-state index in [2.05, 4.69) is 5.32 Å². The minimum atomic E-state index is -0.612. The maximum absolute atomic E-state index is 12.3. The van der Waals surface area contributed by atoms with Gasteiger partial charge in [0.1, 0.15) is 0 Å². The van der Waals surface area contributed by atoms with Crippen LogP contribution in [0.25, 0.3) is 0 Å². The molecule has 0 bridgehead atoms. The van der Waals surface area contributed by atoms with E-state index in [1.165, 1.54) is 4.90 Å². The molecule has 1 saturated heterocycles. The molecule has 8 nitrogen and oxygen atoms in total. The van der Waals surface area contributed by atoms with Crippen LogP contribution in [-0.4, -0.2) is 62.4 Å². The summed E-state index contributed by atoms with van der Waals surface area (Å²) in [4.78, 5) is 50.6. The lowest BCUT2D eigenvalue weighted by Crippen LogP contribution is -2.38. The number of esters is 1. The van der Waals surface area contributed by atoms with E-state index in [1.54, 1.807) is 19.0 Å². The minimum Gasteiger partial charge on any atom is -0.455 e. The van der Waals surface area contributed by atoms with Crippen molar-refractivity contribution in [1.82, 2.24) is 10.2 Å². The summed E-state index contributed by atoms with van der Waals surface area (Å²) in [6.45, 7) is 1.60. The number of benzene rings is 1. The number of carbonyl (C=O) groups excluding carboxylic acids is 4. The van der Waals surface area contributed by atoms with Crippen molar-refractivity contribution in [3.63, 3.8) is 0 Å². The van der Waals surface area contributed by atoms with Crippen molar-refractivity contribution in [2.24, 2.45) is 5.92 Å². The number of para-hydroxylation sites is 1. The molecule has 0 spiro atoms. The number of hydrogen-bond acceptors (Lipinski definition) is 5. The Morgan fingerprint density at radius 2 is 1.96 bits per heavy atom. The van der Waals surface area contributed by atoms with E-state index in [9.17, 15) is 19.2 Å². The quantitative estimate of drug-likeness (QED) is 0.694. The molecule has 0 unspecified atom stereocenters. The molecule has 27 heavy (non-hydrogen) atoms. The lowest BCUT2D eigenvalue weighted by atomic mass is 10.1. The van der Waals surface area contributed by atoms with Gasteiger partial charge in [-0.05, 0) is 18.1 Å². The Hall–Kier alpha value is -2.90. The summed E-state index contributed by atoms with van der Waals surface area (Å²) in [5.74, 6) is -2.16. The molecule has 0 aromatic heterocycles. The van der Waals surface area contributed by atoms with Gasteiger partial charge in [0.15, 0.2) is 6.61 Å². The molecule has 0 saturated carbocycles. The monoisotopic (exact) mass is 375 g/mol. The largest absolute Gasteiger partial charge is 0.455 e. The van der Waals surface area contributed by atoms with Crippen LogP contribution in [-0.2, 0) is 30.3 Å². The van der Waals surface area contributed by atoms with Gasteiger partial charge < -0.3 is 19.9 Å². The van der Waals surface area contributed by atoms with Crippen LogP contribution in [0.4, 0.5) is 5.69 Å². The van der Waals surface area contributed by atoms with E-state index in [-0.39, 0.29) is 31.3 Å². The molecule has 2 rings (SSSR count). The van der Waals surface area contributed by atoms with Gasteiger partial charge >= 0.3 is 5.97 Å². The molecule has 1 atom stereocenters. The van der Waals surface area contributed by atoms with Crippen LogP contribution in [0.5, 0.6) is 0 Å². The first kappa shape index (κ1) is 20.4. The predicted molar refractivity (Wildman–Crippen MR) is 98.9 cm³/mol. The van der Waals surface area contributed by atoms with Crippen molar-refractivity contribution in [2.45, 2.75) is 19.8 Å². The number of ether oxygens (including phenoxy) is 1. The van der Waals surface area contributed by atoms with Crippen molar-refractivity contribution in [3.05, 3.63) is 29.8 Å². The topological polar surface area (TPSA) is 96.0 Å². The first-order valence-electron chi connectivity index (χ1n) is 8.85. The number of anilines is 1. The van der Waals surface area contributed by atoms with E-state index < -0.39 is 24.4 Å². The summed E-state index contributed by atoms with van der Waals surface area (Å²) in [5, 5.41) is 2.38. The summed E-state index contributed by atoms with van der Waals surface area (Å²) >= 11 is 0. The Morgan fingerprint density at radius 3 is 2.63 bits per heavy atom. The smallest absolute Gasteiger partial charge is 0.311 e. The maximum atomic E-state index is 12.3. The van der Waals surface area contributed by atoms with Crippen molar-refractivity contribution in [3.8, 4) is 0 Å². The van der Waals surface area contributed by atoms with Gasteiger partial charge in [0.2, 0.25) is 11.8 Å². The summed E-state index contributed by atoms with van der Waals surface area (Å²) < 4.78 is 5.01. The molecule has 1 heterocycles. The third kappa shape index (κ3) is 5.29. The molecule has 0 radical (unpaired) electrons. The first-order valence-corrected chi connectivity index (χ1v) is 8.85. The second kappa shape index (κ2) is 9.16. The molecule has 0 aliphatic carbocycles. The molecule has 1 aliphatic rings. The number of rotatable bonds is 7. The third-order valence-corrected chi connectivity index (χ3v) is 4.40. The zero-order valence-corrected chi connectivity index (χ0v) is 15.9. The maximum Gasteiger partial charge on any atom is 0.311 e. The summed E-state index contributed by atoms with van der Waals surface area (Å²) in [6.07, 6.45) is 0.832. The van der Waals surface area contributed by atoms with Crippen molar-refractivity contribution >= 4 is 29.4 Å². The average molecular weight is 375 g/mol. The molecule has 8 heteroatoms. The van der Waals surface area contributed by atoms with E-state index in [4.69, 9.17) is 4.74 Å². The molecule has 1 aliphatic heterocycles. The summed E-state index contributed by atoms with van der Waals surface area (Å²) in [5.41, 5.74) is 1.84. The number of aryl methyl sites for hydroxylation is 1. The van der Waals surface area contributed by atoms with Gasteiger partial charge in [0, 0.05) is 32.7 Å². The van der Waals surface area contributed by atoms with Crippen molar-refractivity contribution in [2.75, 3.05) is 38.7 Å². The minimum absolute atomic E-state index is 0.0532. The highest BCUT2D eigenvalue weighted by Gasteiger charge is 2.36. The van der Waals surface area contributed by atoms with E-state index in [0.717, 1.165) is 17.7 Å². The Labute approximate surface area is 158 Å². The second-order valence-electron chi connectivity index (χ2n) is 6.56. The van der Waals surface area contributed by atoms with Crippen molar-refractivity contribution in [1.29, 1.82) is 0 Å². The second-order valence-corrected chi connectivity index (χ2v) is 6.56. The van der Waals surface area contributed by atoms with Gasteiger partial charge in [0.05, 0.1) is 12.5 Å². The van der Waals surface area contributed by atoms with Crippen LogP contribution in [0.15, 0.2) is 24.3 Å². The zero-order chi connectivity index (χ0) is 20.0. The van der Waals surface area contributed by atoms with Gasteiger partial charge in [-0.25, -0.2) is 0 Å². The zero-order valence-electron chi connectivity index (χ0n) is 15.9. The fourth-order valence-corrected chi connectivity index (χ4v) is 2.81. The summed E-state index contributed by atoms with van der Waals surface area (Å²) in [7, 11) is 3.15. The van der Waals surface area contributed by atoms with E-state index >= 15 is 0 Å². The van der Waals surface area contributed by atoms with Crippen LogP contribution in [0.1, 0.15) is 18.9 Å². The average Bonchev–Trinajstić information content (AvgIpc) is 3.05. The number of carbonyl (C=O) groups is 4. The van der Waals surface area contributed by atoms with Crippen LogP contribution in [0.2, 0.25) is 0 Å². The molecule has 1 aromatic rings. The summed E-state index contributed by atoms with van der Waals surface area (Å²) in [6, 6.07) is 7.58. The molecular weight excluding hydrogens is 350 g/mol. The van der Waals surface area contributed by atoms with Gasteiger partial charge in [-0.2, -0.15) is 0 Å². The Morgan fingerprint density at radius 1 is 1.26 bits per heavy atom. The number of hydrogen-bond donors (Lipinski definition) is 1. The highest BCUT2D eigenvalue weighted by Crippen LogP contribution is 2.28. The highest BCUT2D eigenvalue weighted by atomic mass is 16.5. The third-order valence-electron chi connectivity index (χ3n) is 4.40. The molecule has 1 N–H and O–H groups in total. The number of amides is 3. The molecule has 1 fully saturated rings. The Balaban J connectivity index is 1.87. The van der Waals surface area contributed by atoms with Gasteiger partial charge in [-0.1, -0.05) is 25.1 Å². The standard InChI is InChI=1S/C19H25N3O5/c1-4-13-7-5-6-8-15(13)22-11-14(9-17(22)24)19(26)27-12-16(23)20-10-18(25)21(2)3/h5-8,14H,4,9-12H2,1-3H3,(H,20,23)/t14-/m1/s1. The van der Waals surface area contributed by atoms with Crippen LogP contribution >= 0.6 is 0 Å². The number of nitrogens with one attached hydrogen (secondary N) is 1. The first-order chi connectivity index (χ1) is 12.8. The highest BCUT2D eigenvalue weighted by molar-refractivity contribution is 6.00. The van der Waals surface area contributed by atoms with Gasteiger partial charge in [0.25, 0.3) is 5.91 Å². The van der Waals surface area contributed by atoms with Crippen LogP contribution in [0, 0.1) is 5.92 Å². The number of nitrogens with zero attached hydrogens (tertiary/aromatic N) is 2. The van der Waals surface area contributed by atoms with Gasteiger partial charge in [-0.3, -0.25) is 19.2 Å². The van der Waals surface area contributed by atoms with Crippen LogP contribution < -0.4 is 10.2 Å². The predicted octanol–water partition coefficient (Wildman–Crippen LogP) is 0.350. The fourth-order valence-electron chi connectivity index (χ4n) is 2.81. The lowest BCUT2D eigenvalue weighted by Gasteiger charge is -2.19. The molecule has 146 valence electrons. The fraction of sp³-hybridized carbons (Fsp3) is 0.474. The molecular formula is C19H25N3O5. The Bertz CT molecular complexity index is 732. The van der Waals surface area contributed by atoms with Crippen LogP contribution in [0.3, 0.4) is 0 Å². The van der Waals surface area contributed by atoms with E-state index in [1.807, 2.05) is 31.2 Å². The normalized spacial score (nSPS) is 16.2. The lowest BCUT2D eigenvalue weighted by molar-refractivity contribution is -0.152. The van der Waals surface area contributed by atoms with Crippen molar-refractivity contribution < 1.29 is 23.9 Å². The Kier molecular flexibility index (Phi) is 6.92. The van der Waals surface area contributed by atoms with E-state index in [0.29, 0.717) is 0 Å². The molecule has 1 aromatic carbocycles. The number of likely N-dealkylation sites (N-methyl/N-ethyl adjacent to an activating group) is 1.